The Morgan fingerprint density at radius 3 is 2.94 bits per heavy atom. The van der Waals surface area contributed by atoms with Crippen LogP contribution in [0.2, 0.25) is 0 Å². The van der Waals surface area contributed by atoms with Gasteiger partial charge in [-0.2, -0.15) is 0 Å². The van der Waals surface area contributed by atoms with Crippen LogP contribution in [0.15, 0.2) is 23.1 Å². The first-order chi connectivity index (χ1) is 8.16. The van der Waals surface area contributed by atoms with E-state index in [1.165, 1.54) is 6.42 Å². The van der Waals surface area contributed by atoms with Gasteiger partial charge in [0.05, 0.1) is 27.6 Å². The molecule has 1 aromatic rings. The fourth-order valence-electron chi connectivity index (χ4n) is 2.07. The van der Waals surface area contributed by atoms with Crippen molar-refractivity contribution in [1.29, 1.82) is 0 Å². The van der Waals surface area contributed by atoms with Crippen molar-refractivity contribution < 1.29 is 8.95 Å². The number of ether oxygens (including phenoxy) is 1. The lowest BCUT2D eigenvalue weighted by atomic mass is 10.1. The van der Waals surface area contributed by atoms with Crippen LogP contribution in [0.3, 0.4) is 0 Å². The molecule has 2 atom stereocenters. The minimum absolute atomic E-state index is 0.130. The summed E-state index contributed by atoms with van der Waals surface area (Å²) in [6, 6.07) is 5.68. The van der Waals surface area contributed by atoms with Crippen LogP contribution in [0.25, 0.3) is 0 Å². The summed E-state index contributed by atoms with van der Waals surface area (Å²) in [6.07, 6.45) is 3.43. The van der Waals surface area contributed by atoms with Crippen LogP contribution < -0.4 is 5.73 Å². The molecule has 0 spiro atoms. The fourth-order valence-corrected chi connectivity index (χ4v) is 3.39. The van der Waals surface area contributed by atoms with E-state index in [1.54, 1.807) is 0 Å². The molecular formula is C13H19NO2S. The molecule has 2 unspecified atom stereocenters. The average Bonchev–Trinajstić information content (AvgIpc) is 2.30. The molecule has 0 radical (unpaired) electrons. The number of hydrogen-bond donors (Lipinski definition) is 1. The van der Waals surface area contributed by atoms with Crippen LogP contribution in [0.1, 0.15) is 24.8 Å². The molecule has 17 heavy (non-hydrogen) atoms. The summed E-state index contributed by atoms with van der Waals surface area (Å²) < 4.78 is 17.8. The summed E-state index contributed by atoms with van der Waals surface area (Å²) in [5, 5.41) is 0. The van der Waals surface area contributed by atoms with Gasteiger partial charge in [0.2, 0.25) is 0 Å². The Balaban J connectivity index is 2.03. The van der Waals surface area contributed by atoms with Gasteiger partial charge in [0.15, 0.2) is 0 Å². The van der Waals surface area contributed by atoms with E-state index in [0.29, 0.717) is 11.4 Å². The molecule has 1 aliphatic rings. The Kier molecular flexibility index (Phi) is 4.18. The Hall–Kier alpha value is -0.870. The predicted molar refractivity (Wildman–Crippen MR) is 70.5 cm³/mol. The first kappa shape index (κ1) is 12.6. The second kappa shape index (κ2) is 5.65. The largest absolute Gasteiger partial charge is 0.398 e. The minimum Gasteiger partial charge on any atom is -0.398 e. The molecule has 1 saturated heterocycles. The highest BCUT2D eigenvalue weighted by Gasteiger charge is 2.18. The van der Waals surface area contributed by atoms with Crippen molar-refractivity contribution in [2.75, 3.05) is 18.1 Å². The van der Waals surface area contributed by atoms with E-state index >= 15 is 0 Å². The third-order valence-electron chi connectivity index (χ3n) is 3.02. The SMILES string of the molecule is Cc1ccc(S(=O)CC2CCCCO2)c(N)c1. The molecule has 1 aliphatic heterocycles. The predicted octanol–water partition coefficient (Wildman–Crippen LogP) is 2.25. The van der Waals surface area contributed by atoms with Crippen LogP contribution >= 0.6 is 0 Å². The maximum Gasteiger partial charge on any atom is 0.0693 e. The molecule has 0 bridgehead atoms. The van der Waals surface area contributed by atoms with E-state index in [4.69, 9.17) is 10.5 Å². The first-order valence-electron chi connectivity index (χ1n) is 6.03. The molecule has 0 aliphatic carbocycles. The molecule has 0 saturated carbocycles. The first-order valence-corrected chi connectivity index (χ1v) is 7.35. The summed E-state index contributed by atoms with van der Waals surface area (Å²) in [5.74, 6) is 0.563. The molecular weight excluding hydrogens is 234 g/mol. The second-order valence-electron chi connectivity index (χ2n) is 4.54. The van der Waals surface area contributed by atoms with Crippen LogP contribution in [-0.4, -0.2) is 22.7 Å². The molecule has 0 amide bonds. The number of nitrogen functional groups attached to an aromatic ring is 1. The Labute approximate surface area is 105 Å². The van der Waals surface area contributed by atoms with Gasteiger partial charge in [-0.05, 0) is 43.9 Å². The normalized spacial score (nSPS) is 22.3. The van der Waals surface area contributed by atoms with Gasteiger partial charge in [0.25, 0.3) is 0 Å². The smallest absolute Gasteiger partial charge is 0.0693 e. The van der Waals surface area contributed by atoms with Crippen molar-refractivity contribution in [1.82, 2.24) is 0 Å². The number of rotatable bonds is 3. The number of aryl methyl sites for hydroxylation is 1. The van der Waals surface area contributed by atoms with Crippen LogP contribution in [0.4, 0.5) is 5.69 Å². The lowest BCUT2D eigenvalue weighted by Crippen LogP contribution is -2.25. The number of nitrogens with two attached hydrogens (primary N) is 1. The third kappa shape index (κ3) is 3.30. The van der Waals surface area contributed by atoms with Gasteiger partial charge in [-0.1, -0.05) is 6.07 Å². The number of anilines is 1. The van der Waals surface area contributed by atoms with Gasteiger partial charge < -0.3 is 10.5 Å². The van der Waals surface area contributed by atoms with Crippen molar-refractivity contribution in [3.8, 4) is 0 Å². The molecule has 0 aromatic heterocycles. The zero-order chi connectivity index (χ0) is 12.3. The molecule has 94 valence electrons. The highest BCUT2D eigenvalue weighted by atomic mass is 32.2. The highest BCUT2D eigenvalue weighted by molar-refractivity contribution is 7.85. The molecule has 2 rings (SSSR count). The van der Waals surface area contributed by atoms with Gasteiger partial charge in [0.1, 0.15) is 0 Å². The van der Waals surface area contributed by atoms with E-state index in [1.807, 2.05) is 25.1 Å². The number of hydrogen-bond acceptors (Lipinski definition) is 3. The summed E-state index contributed by atoms with van der Waals surface area (Å²) >= 11 is 0. The quantitative estimate of drug-likeness (QED) is 0.841. The topological polar surface area (TPSA) is 52.3 Å². The summed E-state index contributed by atoms with van der Waals surface area (Å²) in [6.45, 7) is 2.78. The van der Waals surface area contributed by atoms with E-state index < -0.39 is 10.8 Å². The van der Waals surface area contributed by atoms with Crippen molar-refractivity contribution in [3.05, 3.63) is 23.8 Å². The van der Waals surface area contributed by atoms with Crippen molar-refractivity contribution in [2.24, 2.45) is 0 Å². The zero-order valence-electron chi connectivity index (χ0n) is 10.1. The second-order valence-corrected chi connectivity index (χ2v) is 6.01. The van der Waals surface area contributed by atoms with E-state index in [0.717, 1.165) is 29.9 Å². The fraction of sp³-hybridized carbons (Fsp3) is 0.538. The van der Waals surface area contributed by atoms with Crippen molar-refractivity contribution >= 4 is 16.5 Å². The van der Waals surface area contributed by atoms with Gasteiger partial charge in [-0.25, -0.2) is 0 Å². The van der Waals surface area contributed by atoms with E-state index in [-0.39, 0.29) is 6.10 Å². The third-order valence-corrected chi connectivity index (χ3v) is 4.56. The molecule has 2 N–H and O–H groups in total. The van der Waals surface area contributed by atoms with Crippen molar-refractivity contribution in [2.45, 2.75) is 37.2 Å². The summed E-state index contributed by atoms with van der Waals surface area (Å²) in [5.41, 5.74) is 7.61. The van der Waals surface area contributed by atoms with Gasteiger partial charge in [-0.3, -0.25) is 4.21 Å². The maximum absolute atomic E-state index is 12.2. The zero-order valence-corrected chi connectivity index (χ0v) is 11.0. The Morgan fingerprint density at radius 1 is 1.47 bits per heavy atom. The molecule has 4 heteroatoms. The highest BCUT2D eigenvalue weighted by Crippen LogP contribution is 2.21. The standard InChI is InChI=1S/C13H19NO2S/c1-10-5-6-13(12(14)8-10)17(15)9-11-4-2-3-7-16-11/h5-6,8,11H,2-4,7,9,14H2,1H3. The lowest BCUT2D eigenvalue weighted by Gasteiger charge is -2.22. The van der Waals surface area contributed by atoms with Gasteiger partial charge >= 0.3 is 0 Å². The van der Waals surface area contributed by atoms with Gasteiger partial charge in [0, 0.05) is 12.3 Å². The van der Waals surface area contributed by atoms with Gasteiger partial charge in [-0.15, -0.1) is 0 Å². The monoisotopic (exact) mass is 253 g/mol. The minimum atomic E-state index is -1.05. The van der Waals surface area contributed by atoms with Crippen LogP contribution in [-0.2, 0) is 15.5 Å². The Morgan fingerprint density at radius 2 is 2.29 bits per heavy atom. The molecule has 1 fully saturated rings. The van der Waals surface area contributed by atoms with Crippen molar-refractivity contribution in [3.63, 3.8) is 0 Å². The average molecular weight is 253 g/mol. The summed E-state index contributed by atoms with van der Waals surface area (Å²) in [4.78, 5) is 0.741. The number of benzene rings is 1. The molecule has 1 aromatic carbocycles. The van der Waals surface area contributed by atoms with E-state index in [9.17, 15) is 4.21 Å². The molecule has 1 heterocycles. The van der Waals surface area contributed by atoms with Crippen LogP contribution in [0.5, 0.6) is 0 Å². The van der Waals surface area contributed by atoms with E-state index in [2.05, 4.69) is 0 Å². The van der Waals surface area contributed by atoms with Crippen LogP contribution in [0, 0.1) is 6.92 Å². The molecule has 3 nitrogen and oxygen atoms in total. The summed E-state index contributed by atoms with van der Waals surface area (Å²) in [7, 11) is -1.05. The Bertz CT molecular complexity index is 414. The maximum atomic E-state index is 12.2. The lowest BCUT2D eigenvalue weighted by molar-refractivity contribution is 0.0310.